The number of anilines is 1. The Hall–Kier alpha value is -2.35. The number of aromatic nitrogens is 2. The zero-order valence-corrected chi connectivity index (χ0v) is 19.6. The topological polar surface area (TPSA) is 87.2 Å². The Morgan fingerprint density at radius 1 is 1.25 bits per heavy atom. The van der Waals surface area contributed by atoms with E-state index in [1.165, 1.54) is 0 Å². The molecule has 2 aliphatic rings. The Morgan fingerprint density at radius 3 is 2.72 bits per heavy atom. The summed E-state index contributed by atoms with van der Waals surface area (Å²) in [6.07, 6.45) is 5.08. The number of nitrogens with zero attached hydrogens (tertiary/aromatic N) is 3. The van der Waals surface area contributed by atoms with Gasteiger partial charge in [-0.05, 0) is 43.0 Å². The van der Waals surface area contributed by atoms with Crippen molar-refractivity contribution < 1.29 is 9.59 Å². The van der Waals surface area contributed by atoms with Crippen LogP contribution in [-0.2, 0) is 9.59 Å². The van der Waals surface area contributed by atoms with Gasteiger partial charge < -0.3 is 15.5 Å². The number of amides is 2. The number of halogens is 3. The van der Waals surface area contributed by atoms with Crippen molar-refractivity contribution in [1.29, 1.82) is 0 Å². The summed E-state index contributed by atoms with van der Waals surface area (Å²) in [7, 11) is 0. The van der Waals surface area contributed by atoms with Crippen LogP contribution in [0.15, 0.2) is 30.5 Å². The fourth-order valence-corrected chi connectivity index (χ4v) is 4.57. The number of carbonyl (C=O) groups is 2. The van der Waals surface area contributed by atoms with Gasteiger partial charge in [0, 0.05) is 29.6 Å². The second-order valence-corrected chi connectivity index (χ2v) is 9.10. The largest absolute Gasteiger partial charge is 0.362 e. The van der Waals surface area contributed by atoms with Gasteiger partial charge in [0.05, 0.1) is 12.2 Å². The third-order valence-corrected chi connectivity index (χ3v) is 6.47. The van der Waals surface area contributed by atoms with Gasteiger partial charge >= 0.3 is 0 Å². The van der Waals surface area contributed by atoms with Gasteiger partial charge in [-0.15, -0.1) is 0 Å². The summed E-state index contributed by atoms with van der Waals surface area (Å²) in [4.78, 5) is 34.7. The van der Waals surface area contributed by atoms with Crippen molar-refractivity contribution in [2.45, 2.75) is 38.3 Å². The molecule has 2 aliphatic heterocycles. The lowest BCUT2D eigenvalue weighted by atomic mass is 10.1. The Morgan fingerprint density at radius 2 is 2.06 bits per heavy atom. The average molecular weight is 495 g/mol. The van der Waals surface area contributed by atoms with E-state index in [9.17, 15) is 9.59 Å². The molecule has 10 heteroatoms. The van der Waals surface area contributed by atoms with Gasteiger partial charge in [-0.2, -0.15) is 0 Å². The van der Waals surface area contributed by atoms with Crippen LogP contribution in [0.3, 0.4) is 0 Å². The van der Waals surface area contributed by atoms with E-state index in [-0.39, 0.29) is 17.9 Å². The third-order valence-electron chi connectivity index (χ3n) is 5.63. The van der Waals surface area contributed by atoms with Crippen LogP contribution in [0, 0.1) is 0 Å². The molecule has 0 aliphatic carbocycles. The predicted octanol–water partition coefficient (Wildman–Crippen LogP) is 4.50. The van der Waals surface area contributed by atoms with E-state index in [0.717, 1.165) is 11.1 Å². The molecule has 0 saturated carbocycles. The van der Waals surface area contributed by atoms with Gasteiger partial charge in [-0.1, -0.05) is 46.9 Å². The molecule has 0 radical (unpaired) electrons. The highest BCUT2D eigenvalue weighted by molar-refractivity contribution is 6.35. The molecule has 168 valence electrons. The monoisotopic (exact) mass is 493 g/mol. The lowest BCUT2D eigenvalue weighted by Gasteiger charge is -2.28. The molecule has 2 aromatic rings. The van der Waals surface area contributed by atoms with Crippen molar-refractivity contribution in [3.8, 4) is 0 Å². The first-order valence-electron chi connectivity index (χ1n) is 10.3. The van der Waals surface area contributed by atoms with E-state index >= 15 is 0 Å². The molecule has 32 heavy (non-hydrogen) atoms. The summed E-state index contributed by atoms with van der Waals surface area (Å²) >= 11 is 18.6. The lowest BCUT2D eigenvalue weighted by molar-refractivity contribution is -0.134. The smallest absolute Gasteiger partial charge is 0.245 e. The molecule has 2 N–H and O–H groups in total. The first kappa shape index (κ1) is 22.8. The van der Waals surface area contributed by atoms with Crippen LogP contribution in [0.25, 0.3) is 5.57 Å². The summed E-state index contributed by atoms with van der Waals surface area (Å²) in [5, 5.41) is 7.55. The predicted molar refractivity (Wildman–Crippen MR) is 126 cm³/mol. The first-order valence-corrected chi connectivity index (χ1v) is 11.5. The Kier molecular flexibility index (Phi) is 6.88. The van der Waals surface area contributed by atoms with E-state index in [1.807, 2.05) is 19.1 Å². The molecule has 1 saturated heterocycles. The lowest BCUT2D eigenvalue weighted by Crippen LogP contribution is -2.46. The molecular formula is C22H22Cl3N5O2. The van der Waals surface area contributed by atoms with E-state index in [1.54, 1.807) is 23.2 Å². The van der Waals surface area contributed by atoms with Crippen LogP contribution in [0.1, 0.15) is 43.6 Å². The quantitative estimate of drug-likeness (QED) is 0.639. The van der Waals surface area contributed by atoms with E-state index in [2.05, 4.69) is 20.6 Å². The van der Waals surface area contributed by atoms with Crippen LogP contribution in [0.4, 0.5) is 5.82 Å². The Labute approximate surface area is 201 Å². The minimum atomic E-state index is -0.416. The SMILES string of the molecule is CC(Nc1nc(C2=CCN(C(=O)[C@H]3CCC(=O)N3)CC2)ncc1Cl)c1ccc(Cl)cc1Cl. The molecule has 3 heterocycles. The van der Waals surface area contributed by atoms with Crippen LogP contribution < -0.4 is 10.6 Å². The number of hydrogen-bond acceptors (Lipinski definition) is 5. The number of rotatable bonds is 5. The van der Waals surface area contributed by atoms with Gasteiger partial charge in [0.25, 0.3) is 0 Å². The maximum atomic E-state index is 12.6. The van der Waals surface area contributed by atoms with Gasteiger partial charge in [0.2, 0.25) is 11.8 Å². The van der Waals surface area contributed by atoms with Crippen molar-refractivity contribution in [1.82, 2.24) is 20.2 Å². The summed E-state index contributed by atoms with van der Waals surface area (Å²) in [5.41, 5.74) is 1.82. The van der Waals surface area contributed by atoms with Crippen LogP contribution in [0.5, 0.6) is 0 Å². The van der Waals surface area contributed by atoms with Gasteiger partial charge in [-0.25, -0.2) is 9.97 Å². The Bertz CT molecular complexity index is 1090. The number of hydrogen-bond donors (Lipinski definition) is 2. The maximum Gasteiger partial charge on any atom is 0.245 e. The number of carbonyl (C=O) groups excluding carboxylic acids is 2. The van der Waals surface area contributed by atoms with Gasteiger partial charge in [-0.3, -0.25) is 9.59 Å². The average Bonchev–Trinajstić information content (AvgIpc) is 3.21. The molecule has 1 fully saturated rings. The highest BCUT2D eigenvalue weighted by Gasteiger charge is 2.31. The molecule has 0 spiro atoms. The van der Waals surface area contributed by atoms with E-state index in [0.29, 0.717) is 59.1 Å². The molecule has 2 atom stereocenters. The van der Waals surface area contributed by atoms with Crippen molar-refractivity contribution in [2.24, 2.45) is 0 Å². The second kappa shape index (κ2) is 9.65. The van der Waals surface area contributed by atoms with Gasteiger partial charge in [0.1, 0.15) is 16.9 Å². The molecule has 2 amide bonds. The highest BCUT2D eigenvalue weighted by Crippen LogP contribution is 2.31. The van der Waals surface area contributed by atoms with Crippen molar-refractivity contribution >= 4 is 58.0 Å². The van der Waals surface area contributed by atoms with E-state index < -0.39 is 6.04 Å². The van der Waals surface area contributed by atoms with Crippen LogP contribution in [0.2, 0.25) is 15.1 Å². The van der Waals surface area contributed by atoms with E-state index in [4.69, 9.17) is 34.8 Å². The zero-order chi connectivity index (χ0) is 22.8. The van der Waals surface area contributed by atoms with Gasteiger partial charge in [0.15, 0.2) is 5.82 Å². The second-order valence-electron chi connectivity index (χ2n) is 7.84. The summed E-state index contributed by atoms with van der Waals surface area (Å²) in [5.74, 6) is 0.954. The first-order chi connectivity index (χ1) is 15.3. The zero-order valence-electron chi connectivity index (χ0n) is 17.4. The molecule has 7 nitrogen and oxygen atoms in total. The fraction of sp³-hybridized carbons (Fsp3) is 0.364. The van der Waals surface area contributed by atoms with Crippen molar-refractivity contribution in [3.05, 3.63) is 56.9 Å². The van der Waals surface area contributed by atoms with Crippen LogP contribution in [-0.4, -0.2) is 45.8 Å². The molecule has 4 rings (SSSR count). The van der Waals surface area contributed by atoms with Crippen LogP contribution >= 0.6 is 34.8 Å². The van der Waals surface area contributed by atoms with Crippen molar-refractivity contribution in [2.75, 3.05) is 18.4 Å². The minimum absolute atomic E-state index is 0.0424. The number of nitrogens with one attached hydrogen (secondary N) is 2. The highest BCUT2D eigenvalue weighted by atomic mass is 35.5. The normalized spacial score (nSPS) is 19.4. The molecule has 0 bridgehead atoms. The summed E-state index contributed by atoms with van der Waals surface area (Å²) in [6, 6.07) is 4.77. The minimum Gasteiger partial charge on any atom is -0.362 e. The third kappa shape index (κ3) is 5.00. The summed E-state index contributed by atoms with van der Waals surface area (Å²) in [6.45, 7) is 2.95. The Balaban J connectivity index is 1.46. The standard InChI is InChI=1S/C22H22Cl3N5O2/c1-12(15-3-2-14(23)10-16(15)24)27-21-17(25)11-26-20(29-21)13-6-8-30(9-7-13)22(32)18-4-5-19(31)28-18/h2-3,6,10-12,18H,4-5,7-9H2,1H3,(H,28,31)(H,26,27,29)/t12?,18-/m1/s1. The molecular weight excluding hydrogens is 473 g/mol. The molecule has 1 aromatic heterocycles. The summed E-state index contributed by atoms with van der Waals surface area (Å²) < 4.78 is 0. The fourth-order valence-electron chi connectivity index (χ4n) is 3.85. The number of benzene rings is 1. The molecule has 1 unspecified atom stereocenters. The maximum absolute atomic E-state index is 12.6. The molecule has 1 aromatic carbocycles. The van der Waals surface area contributed by atoms with Crippen molar-refractivity contribution in [3.63, 3.8) is 0 Å².